The van der Waals surface area contributed by atoms with E-state index in [0.717, 1.165) is 23.1 Å². The number of fused-ring (bicyclic) bond motifs is 1. The largest absolute Gasteiger partial charge is 0.364 e. The van der Waals surface area contributed by atoms with Crippen molar-refractivity contribution < 1.29 is 4.79 Å². The Morgan fingerprint density at radius 2 is 1.79 bits per heavy atom. The van der Waals surface area contributed by atoms with Crippen molar-refractivity contribution in [3.05, 3.63) is 75.3 Å². The molecular weight excluding hydrogens is 366 g/mol. The third-order valence-corrected chi connectivity index (χ3v) is 5.14. The fraction of sp³-hybridized carbons (Fsp3) is 0.182. The molecule has 7 heteroatoms. The zero-order valence-electron chi connectivity index (χ0n) is 16.5. The number of primary amides is 1. The summed E-state index contributed by atoms with van der Waals surface area (Å²) >= 11 is 0. The van der Waals surface area contributed by atoms with E-state index < -0.39 is 11.6 Å². The average molecular weight is 387 g/mol. The molecule has 4 rings (SSSR count). The highest BCUT2D eigenvalue weighted by molar-refractivity contribution is 6.02. The summed E-state index contributed by atoms with van der Waals surface area (Å²) in [5.41, 5.74) is 10.4. The van der Waals surface area contributed by atoms with Gasteiger partial charge in [-0.05, 0) is 49.1 Å². The van der Waals surface area contributed by atoms with Gasteiger partial charge in [0.25, 0.3) is 5.91 Å². The zero-order valence-corrected chi connectivity index (χ0v) is 16.5. The summed E-state index contributed by atoms with van der Waals surface area (Å²) in [6.45, 7) is 6.05. The number of carbonyl (C=O) groups excluding carboxylic acids is 1. The summed E-state index contributed by atoms with van der Waals surface area (Å²) in [4.78, 5) is 36.4. The molecule has 0 aliphatic rings. The fourth-order valence-corrected chi connectivity index (χ4v) is 3.29. The number of aromatic nitrogens is 4. The Hall–Kier alpha value is -3.74. The molecule has 0 aliphatic carbocycles. The van der Waals surface area contributed by atoms with Crippen LogP contribution in [-0.4, -0.2) is 25.4 Å². The summed E-state index contributed by atoms with van der Waals surface area (Å²) in [6.07, 6.45) is 0.914. The number of aromatic amines is 1. The lowest BCUT2D eigenvalue weighted by Crippen LogP contribution is -2.15. The Kier molecular flexibility index (Phi) is 4.50. The van der Waals surface area contributed by atoms with Crippen LogP contribution in [0.15, 0.2) is 47.3 Å². The summed E-state index contributed by atoms with van der Waals surface area (Å²) in [6, 6.07) is 13.5. The van der Waals surface area contributed by atoms with Crippen molar-refractivity contribution in [2.45, 2.75) is 27.2 Å². The molecule has 0 fully saturated rings. The van der Waals surface area contributed by atoms with Gasteiger partial charge in [0, 0.05) is 5.56 Å². The van der Waals surface area contributed by atoms with E-state index >= 15 is 0 Å². The average Bonchev–Trinajstić information content (AvgIpc) is 3.05. The van der Waals surface area contributed by atoms with Gasteiger partial charge in [0.05, 0.1) is 5.69 Å². The molecule has 0 unspecified atom stereocenters. The molecule has 1 amide bonds. The number of amides is 1. The van der Waals surface area contributed by atoms with Crippen LogP contribution in [0.4, 0.5) is 0 Å². The van der Waals surface area contributed by atoms with Crippen molar-refractivity contribution in [3.63, 3.8) is 0 Å². The van der Waals surface area contributed by atoms with Crippen molar-refractivity contribution in [3.8, 4) is 17.1 Å². The Balaban J connectivity index is 2.01. The van der Waals surface area contributed by atoms with E-state index in [-0.39, 0.29) is 11.2 Å². The van der Waals surface area contributed by atoms with Gasteiger partial charge in [-0.1, -0.05) is 37.3 Å². The number of carbonyl (C=O) groups is 1. The minimum absolute atomic E-state index is 0.00995. The van der Waals surface area contributed by atoms with E-state index in [2.05, 4.69) is 21.9 Å². The number of nitrogens with zero attached hydrogens (tertiary/aromatic N) is 3. The lowest BCUT2D eigenvalue weighted by molar-refractivity contribution is 0.0997. The Labute approximate surface area is 167 Å². The van der Waals surface area contributed by atoms with E-state index in [0.29, 0.717) is 17.2 Å². The second-order valence-corrected chi connectivity index (χ2v) is 7.04. The van der Waals surface area contributed by atoms with E-state index in [9.17, 15) is 9.59 Å². The van der Waals surface area contributed by atoms with Crippen LogP contribution in [-0.2, 0) is 6.42 Å². The smallest absolute Gasteiger partial charge is 0.332 e. The van der Waals surface area contributed by atoms with Gasteiger partial charge < -0.3 is 10.7 Å². The van der Waals surface area contributed by atoms with E-state index in [4.69, 9.17) is 5.73 Å². The maximum absolute atomic E-state index is 12.7. The predicted octanol–water partition coefficient (Wildman–Crippen LogP) is 3.05. The number of aryl methyl sites for hydroxylation is 3. The molecule has 7 nitrogen and oxygen atoms in total. The third kappa shape index (κ3) is 3.20. The predicted molar refractivity (Wildman–Crippen MR) is 112 cm³/mol. The van der Waals surface area contributed by atoms with Gasteiger partial charge >= 0.3 is 5.69 Å². The molecule has 2 aromatic heterocycles. The van der Waals surface area contributed by atoms with E-state index in [1.165, 1.54) is 10.1 Å². The molecule has 0 saturated heterocycles. The van der Waals surface area contributed by atoms with Gasteiger partial charge in [0.15, 0.2) is 17.2 Å². The highest BCUT2D eigenvalue weighted by Crippen LogP contribution is 2.23. The molecule has 0 aliphatic heterocycles. The van der Waals surface area contributed by atoms with Crippen LogP contribution < -0.4 is 11.4 Å². The normalized spacial score (nSPS) is 11.1. The standard InChI is InChI=1S/C22H21N5O2/c1-4-14-6-8-15(9-7-14)20-24-17(19(23)28)18-21(26-20)27(22(29)25-18)16-10-5-12(2)13(3)11-16/h5-11H,4H2,1-3H3,(H2,23,28)(H,25,29). The molecule has 2 aromatic carbocycles. The monoisotopic (exact) mass is 387 g/mol. The molecular formula is C22H21N5O2. The van der Waals surface area contributed by atoms with Crippen LogP contribution in [0.5, 0.6) is 0 Å². The molecule has 0 atom stereocenters. The van der Waals surface area contributed by atoms with Gasteiger partial charge in [0.1, 0.15) is 5.52 Å². The Morgan fingerprint density at radius 1 is 1.07 bits per heavy atom. The lowest BCUT2D eigenvalue weighted by Gasteiger charge is -2.08. The molecule has 4 aromatic rings. The van der Waals surface area contributed by atoms with Crippen LogP contribution in [0, 0.1) is 13.8 Å². The van der Waals surface area contributed by atoms with E-state index in [1.54, 1.807) is 0 Å². The van der Waals surface area contributed by atoms with Gasteiger partial charge in [-0.15, -0.1) is 0 Å². The molecule has 0 radical (unpaired) electrons. The first kappa shape index (κ1) is 18.6. The second kappa shape index (κ2) is 7.01. The minimum Gasteiger partial charge on any atom is -0.364 e. The van der Waals surface area contributed by atoms with Crippen LogP contribution in [0.25, 0.3) is 28.2 Å². The van der Waals surface area contributed by atoms with Crippen molar-refractivity contribution in [1.29, 1.82) is 0 Å². The number of H-pyrrole nitrogens is 1. The Bertz CT molecular complexity index is 1300. The highest BCUT2D eigenvalue weighted by atomic mass is 16.2. The molecule has 0 spiro atoms. The molecule has 0 bridgehead atoms. The number of nitrogens with one attached hydrogen (secondary N) is 1. The van der Waals surface area contributed by atoms with Crippen molar-refractivity contribution in [1.82, 2.24) is 19.5 Å². The van der Waals surface area contributed by atoms with Gasteiger partial charge in [-0.3, -0.25) is 4.79 Å². The topological polar surface area (TPSA) is 107 Å². The summed E-state index contributed by atoms with van der Waals surface area (Å²) < 4.78 is 1.44. The second-order valence-electron chi connectivity index (χ2n) is 7.04. The number of hydrogen-bond acceptors (Lipinski definition) is 4. The van der Waals surface area contributed by atoms with E-state index in [1.807, 2.05) is 56.3 Å². The van der Waals surface area contributed by atoms with Crippen LogP contribution >= 0.6 is 0 Å². The molecule has 3 N–H and O–H groups in total. The maximum Gasteiger partial charge on any atom is 0.332 e. The summed E-state index contributed by atoms with van der Waals surface area (Å²) in [5, 5.41) is 0. The summed E-state index contributed by atoms with van der Waals surface area (Å²) in [5.74, 6) is -0.386. The Morgan fingerprint density at radius 3 is 2.41 bits per heavy atom. The molecule has 0 saturated carbocycles. The number of nitrogens with two attached hydrogens (primary N) is 1. The number of imidazole rings is 1. The van der Waals surface area contributed by atoms with Crippen molar-refractivity contribution in [2.75, 3.05) is 0 Å². The van der Waals surface area contributed by atoms with Crippen LogP contribution in [0.2, 0.25) is 0 Å². The SMILES string of the molecule is CCc1ccc(-c2nc(C(N)=O)c3[nH]c(=O)n(-c4ccc(C)c(C)c4)c3n2)cc1. The number of hydrogen-bond donors (Lipinski definition) is 2. The quantitative estimate of drug-likeness (QED) is 0.561. The first-order chi connectivity index (χ1) is 13.9. The maximum atomic E-state index is 12.7. The van der Waals surface area contributed by atoms with Crippen molar-refractivity contribution >= 4 is 17.1 Å². The van der Waals surface area contributed by atoms with Crippen LogP contribution in [0.3, 0.4) is 0 Å². The lowest BCUT2D eigenvalue weighted by atomic mass is 10.1. The highest BCUT2D eigenvalue weighted by Gasteiger charge is 2.20. The first-order valence-electron chi connectivity index (χ1n) is 9.38. The fourth-order valence-electron chi connectivity index (χ4n) is 3.29. The van der Waals surface area contributed by atoms with Gasteiger partial charge in [-0.2, -0.15) is 0 Å². The molecule has 146 valence electrons. The zero-order chi connectivity index (χ0) is 20.7. The van der Waals surface area contributed by atoms with Crippen LogP contribution in [0.1, 0.15) is 34.1 Å². The van der Waals surface area contributed by atoms with Crippen molar-refractivity contribution in [2.24, 2.45) is 5.73 Å². The number of benzene rings is 2. The summed E-state index contributed by atoms with van der Waals surface area (Å²) in [7, 11) is 0. The van der Waals surface area contributed by atoms with Gasteiger partial charge in [0.2, 0.25) is 0 Å². The molecule has 2 heterocycles. The van der Waals surface area contributed by atoms with Gasteiger partial charge in [-0.25, -0.2) is 19.3 Å². The minimum atomic E-state index is -0.725. The molecule has 29 heavy (non-hydrogen) atoms. The first-order valence-corrected chi connectivity index (χ1v) is 9.38. The third-order valence-electron chi connectivity index (χ3n) is 5.14. The number of rotatable bonds is 4.